The first kappa shape index (κ1) is 32.9. The van der Waals surface area contributed by atoms with Gasteiger partial charge in [0.05, 0.1) is 46.2 Å². The van der Waals surface area contributed by atoms with E-state index in [1.54, 1.807) is 18.1 Å². The van der Waals surface area contributed by atoms with Crippen LogP contribution in [-0.4, -0.2) is 55.6 Å². The maximum Gasteiger partial charge on any atom is 0.410 e. The van der Waals surface area contributed by atoms with E-state index in [0.717, 1.165) is 52.2 Å². The van der Waals surface area contributed by atoms with Gasteiger partial charge < -0.3 is 33.7 Å². The van der Waals surface area contributed by atoms with E-state index in [9.17, 15) is 9.90 Å². The molecule has 1 aliphatic rings. The number of aromatic hydroxyl groups is 1. The second-order valence-electron chi connectivity index (χ2n) is 11.5. The van der Waals surface area contributed by atoms with E-state index in [2.05, 4.69) is 12.1 Å². The third-order valence-corrected chi connectivity index (χ3v) is 8.22. The van der Waals surface area contributed by atoms with Gasteiger partial charge in [0.1, 0.15) is 23.9 Å². The summed E-state index contributed by atoms with van der Waals surface area (Å²) in [6, 6.07) is 31.2. The fourth-order valence-electron chi connectivity index (χ4n) is 5.56. The van der Waals surface area contributed by atoms with E-state index >= 15 is 0 Å². The highest BCUT2D eigenvalue weighted by Gasteiger charge is 2.34. The van der Waals surface area contributed by atoms with Crippen molar-refractivity contribution in [1.82, 2.24) is 4.90 Å². The van der Waals surface area contributed by atoms with E-state index < -0.39 is 0 Å². The van der Waals surface area contributed by atoms with E-state index in [-0.39, 0.29) is 30.5 Å². The zero-order chi connectivity index (χ0) is 32.1. The topological polar surface area (TPSA) is 86.7 Å². The Kier molecular flexibility index (Phi) is 11.9. The molecule has 0 aromatic heterocycles. The van der Waals surface area contributed by atoms with Crippen LogP contribution >= 0.6 is 0 Å². The van der Waals surface area contributed by atoms with Gasteiger partial charge in [-0.3, -0.25) is 0 Å². The lowest BCUT2D eigenvalue weighted by Crippen LogP contribution is -2.47. The number of para-hydroxylation sites is 1. The lowest BCUT2D eigenvalue weighted by atomic mass is 9.87. The monoisotopic (exact) mass is 625 g/mol. The van der Waals surface area contributed by atoms with Crippen LogP contribution in [0.3, 0.4) is 0 Å². The molecule has 2 atom stereocenters. The van der Waals surface area contributed by atoms with Crippen LogP contribution in [-0.2, 0) is 34.0 Å². The van der Waals surface area contributed by atoms with E-state index in [0.29, 0.717) is 39.5 Å². The summed E-state index contributed by atoms with van der Waals surface area (Å²) in [5.41, 5.74) is 4.79. The Balaban J connectivity index is 1.15. The van der Waals surface area contributed by atoms with Gasteiger partial charge in [0.15, 0.2) is 0 Å². The molecule has 0 radical (unpaired) electrons. The maximum atomic E-state index is 13.0. The van der Waals surface area contributed by atoms with Crippen molar-refractivity contribution in [1.29, 1.82) is 0 Å². The number of likely N-dealkylation sites (tertiary alicyclic amines) is 1. The van der Waals surface area contributed by atoms with Crippen molar-refractivity contribution in [3.63, 3.8) is 0 Å². The summed E-state index contributed by atoms with van der Waals surface area (Å²) in [7, 11) is 1.66. The predicted molar refractivity (Wildman–Crippen MR) is 176 cm³/mol. The first-order valence-corrected chi connectivity index (χ1v) is 15.8. The highest BCUT2D eigenvalue weighted by atomic mass is 16.6. The molecule has 2 unspecified atom stereocenters. The molecule has 5 rings (SSSR count). The number of methoxy groups -OCH3 is 1. The van der Waals surface area contributed by atoms with Gasteiger partial charge in [-0.05, 0) is 59.9 Å². The maximum absolute atomic E-state index is 13.0. The van der Waals surface area contributed by atoms with Gasteiger partial charge >= 0.3 is 6.09 Å². The van der Waals surface area contributed by atoms with Crippen LogP contribution in [0.15, 0.2) is 97.1 Å². The first-order valence-electron chi connectivity index (χ1n) is 15.8. The van der Waals surface area contributed by atoms with Crippen LogP contribution in [0.1, 0.15) is 46.6 Å². The van der Waals surface area contributed by atoms with E-state index in [1.807, 2.05) is 85.8 Å². The molecule has 0 spiro atoms. The van der Waals surface area contributed by atoms with Crippen LogP contribution in [0.2, 0.25) is 0 Å². The molecule has 242 valence electrons. The standard InChI is InChI=1S/C38H43NO7/c1-28-13-14-30(23-35(28)40)26-45-37-24-39(38(41)46-25-29-9-4-3-5-10-29)20-19-34(37)31-15-17-33(18-16-31)44-22-8-21-43-27-32-11-6-7-12-36(32)42-2/h3-7,9-18,23,34,37,40H,8,19-22,24-27H2,1-2H3. The smallest absolute Gasteiger partial charge is 0.410 e. The van der Waals surface area contributed by atoms with E-state index in [4.69, 9.17) is 23.7 Å². The number of amides is 1. The molecule has 0 bridgehead atoms. The SMILES string of the molecule is COc1ccccc1COCCCOc1ccc(C2CCN(C(=O)OCc3ccccc3)CC2OCc2ccc(C)c(O)c2)cc1. The average Bonchev–Trinajstić information content (AvgIpc) is 3.10. The molecular formula is C38H43NO7. The minimum Gasteiger partial charge on any atom is -0.508 e. The van der Waals surface area contributed by atoms with Crippen LogP contribution < -0.4 is 9.47 Å². The molecule has 1 aliphatic heterocycles. The van der Waals surface area contributed by atoms with Gasteiger partial charge in [0.2, 0.25) is 0 Å². The van der Waals surface area contributed by atoms with Crippen molar-refractivity contribution in [2.75, 3.05) is 33.4 Å². The lowest BCUT2D eigenvalue weighted by Gasteiger charge is -2.38. The second-order valence-corrected chi connectivity index (χ2v) is 11.5. The van der Waals surface area contributed by atoms with Gasteiger partial charge in [-0.25, -0.2) is 4.79 Å². The molecule has 8 heteroatoms. The largest absolute Gasteiger partial charge is 0.508 e. The second kappa shape index (κ2) is 16.7. The Hall–Kier alpha value is -4.53. The quantitative estimate of drug-likeness (QED) is 0.146. The highest BCUT2D eigenvalue weighted by molar-refractivity contribution is 5.68. The molecule has 0 aliphatic carbocycles. The number of aryl methyl sites for hydroxylation is 1. The van der Waals surface area contributed by atoms with Crippen molar-refractivity contribution < 1.29 is 33.6 Å². The minimum atomic E-state index is -0.348. The molecule has 0 saturated carbocycles. The summed E-state index contributed by atoms with van der Waals surface area (Å²) in [6.45, 7) is 5.01. The van der Waals surface area contributed by atoms with Crippen LogP contribution in [0.4, 0.5) is 4.79 Å². The number of hydrogen-bond donors (Lipinski definition) is 1. The van der Waals surface area contributed by atoms with E-state index in [1.165, 1.54) is 0 Å². The van der Waals surface area contributed by atoms with Crippen LogP contribution in [0.5, 0.6) is 17.2 Å². The van der Waals surface area contributed by atoms with Gasteiger partial charge in [-0.1, -0.05) is 72.8 Å². The highest BCUT2D eigenvalue weighted by Crippen LogP contribution is 2.33. The first-order chi connectivity index (χ1) is 22.5. The molecule has 1 saturated heterocycles. The summed E-state index contributed by atoms with van der Waals surface area (Å²) in [5.74, 6) is 1.94. The number of hydrogen-bond acceptors (Lipinski definition) is 7. The molecule has 1 N–H and O–H groups in total. The number of carbonyl (C=O) groups excluding carboxylic acids is 1. The number of phenolic OH excluding ortho intramolecular Hbond substituents is 1. The Morgan fingerprint density at radius 3 is 2.43 bits per heavy atom. The molecule has 1 fully saturated rings. The molecule has 8 nitrogen and oxygen atoms in total. The summed E-state index contributed by atoms with van der Waals surface area (Å²) in [6.07, 6.45) is 0.891. The third kappa shape index (κ3) is 9.25. The summed E-state index contributed by atoms with van der Waals surface area (Å²) >= 11 is 0. The van der Waals surface area contributed by atoms with Gasteiger partial charge in [-0.2, -0.15) is 0 Å². The van der Waals surface area contributed by atoms with Crippen molar-refractivity contribution in [2.24, 2.45) is 0 Å². The summed E-state index contributed by atoms with van der Waals surface area (Å²) < 4.78 is 29.2. The van der Waals surface area contributed by atoms with Gasteiger partial charge in [-0.15, -0.1) is 0 Å². The average molecular weight is 626 g/mol. The zero-order valence-corrected chi connectivity index (χ0v) is 26.6. The molecule has 1 heterocycles. The summed E-state index contributed by atoms with van der Waals surface area (Å²) in [5, 5.41) is 10.2. The fourth-order valence-corrected chi connectivity index (χ4v) is 5.56. The summed E-state index contributed by atoms with van der Waals surface area (Å²) in [4.78, 5) is 14.7. The van der Waals surface area contributed by atoms with Gasteiger partial charge in [0.25, 0.3) is 0 Å². The Morgan fingerprint density at radius 2 is 1.65 bits per heavy atom. The number of ether oxygens (including phenoxy) is 5. The normalized spacial score (nSPS) is 16.2. The number of benzene rings is 4. The lowest BCUT2D eigenvalue weighted by molar-refractivity contribution is -0.0246. The van der Waals surface area contributed by atoms with Crippen molar-refractivity contribution in [3.05, 3.63) is 125 Å². The van der Waals surface area contributed by atoms with Crippen molar-refractivity contribution in [2.45, 2.75) is 51.6 Å². The predicted octanol–water partition coefficient (Wildman–Crippen LogP) is 7.41. The number of phenols is 1. The van der Waals surface area contributed by atoms with Gasteiger partial charge in [0, 0.05) is 24.4 Å². The molecular weight excluding hydrogens is 582 g/mol. The number of nitrogens with zero attached hydrogens (tertiary/aromatic N) is 1. The number of rotatable bonds is 14. The third-order valence-electron chi connectivity index (χ3n) is 8.22. The van der Waals surface area contributed by atoms with Crippen LogP contribution in [0, 0.1) is 6.92 Å². The fraction of sp³-hybridized carbons (Fsp3) is 0.342. The Morgan fingerprint density at radius 1 is 0.870 bits per heavy atom. The number of carbonyl (C=O) groups is 1. The zero-order valence-electron chi connectivity index (χ0n) is 26.6. The molecule has 1 amide bonds. The number of piperidine rings is 1. The molecule has 46 heavy (non-hydrogen) atoms. The van der Waals surface area contributed by atoms with Crippen molar-refractivity contribution in [3.8, 4) is 17.2 Å². The minimum absolute atomic E-state index is 0.0784. The molecule has 4 aromatic carbocycles. The Bertz CT molecular complexity index is 1530. The Labute approximate surface area is 271 Å². The molecule has 4 aromatic rings. The van der Waals surface area contributed by atoms with Crippen LogP contribution in [0.25, 0.3) is 0 Å². The van der Waals surface area contributed by atoms with Crippen molar-refractivity contribution >= 4 is 6.09 Å².